The molecule has 0 aliphatic heterocycles. The van der Waals surface area contributed by atoms with Crippen molar-refractivity contribution in [1.82, 2.24) is 10.2 Å². The van der Waals surface area contributed by atoms with Gasteiger partial charge in [-0.05, 0) is 55.8 Å². The Morgan fingerprint density at radius 3 is 2.54 bits per heavy atom. The number of aryl methyl sites for hydroxylation is 1. The van der Waals surface area contributed by atoms with Gasteiger partial charge in [0.15, 0.2) is 0 Å². The van der Waals surface area contributed by atoms with Crippen LogP contribution in [0.25, 0.3) is 11.5 Å². The van der Waals surface area contributed by atoms with Gasteiger partial charge in [-0.15, -0.1) is 10.2 Å². The van der Waals surface area contributed by atoms with Gasteiger partial charge >= 0.3 is 0 Å². The van der Waals surface area contributed by atoms with E-state index in [1.165, 1.54) is 11.8 Å². The summed E-state index contributed by atoms with van der Waals surface area (Å²) < 4.78 is 16.1. The first kappa shape index (κ1) is 19.8. The average Bonchev–Trinajstić information content (AvgIpc) is 3.16. The van der Waals surface area contributed by atoms with Crippen LogP contribution in [0.1, 0.15) is 12.5 Å². The molecule has 1 atom stereocenters. The molecule has 0 spiro atoms. The van der Waals surface area contributed by atoms with E-state index in [0.717, 1.165) is 16.9 Å². The second kappa shape index (κ2) is 8.79. The monoisotopic (exact) mass is 399 g/mol. The zero-order chi connectivity index (χ0) is 20.1. The summed E-state index contributed by atoms with van der Waals surface area (Å²) in [5.41, 5.74) is 2.43. The van der Waals surface area contributed by atoms with Crippen molar-refractivity contribution in [2.45, 2.75) is 24.3 Å². The molecule has 1 N–H and O–H groups in total. The molecule has 146 valence electrons. The molecule has 0 aliphatic carbocycles. The Hall–Kier alpha value is -3.00. The average molecular weight is 399 g/mol. The molecule has 1 aromatic heterocycles. The number of carbonyl (C=O) groups excluding carboxylic acids is 1. The Balaban J connectivity index is 1.66. The third-order valence-corrected chi connectivity index (χ3v) is 4.94. The van der Waals surface area contributed by atoms with Crippen LogP contribution in [0.2, 0.25) is 0 Å². The van der Waals surface area contributed by atoms with Crippen molar-refractivity contribution in [3.8, 4) is 23.0 Å². The highest BCUT2D eigenvalue weighted by atomic mass is 32.2. The van der Waals surface area contributed by atoms with Gasteiger partial charge in [-0.3, -0.25) is 4.79 Å². The summed E-state index contributed by atoms with van der Waals surface area (Å²) in [7, 11) is 3.17. The minimum atomic E-state index is -0.436. The van der Waals surface area contributed by atoms with Crippen molar-refractivity contribution in [2.24, 2.45) is 0 Å². The van der Waals surface area contributed by atoms with Crippen LogP contribution in [-0.2, 0) is 4.79 Å². The van der Waals surface area contributed by atoms with Gasteiger partial charge < -0.3 is 19.2 Å². The number of ether oxygens (including phenoxy) is 2. The zero-order valence-corrected chi connectivity index (χ0v) is 16.9. The van der Waals surface area contributed by atoms with Gasteiger partial charge in [0.1, 0.15) is 11.5 Å². The number of rotatable bonds is 7. The molecule has 3 rings (SSSR count). The lowest BCUT2D eigenvalue weighted by Crippen LogP contribution is -2.22. The number of hydrogen-bond acceptors (Lipinski definition) is 7. The van der Waals surface area contributed by atoms with Crippen LogP contribution in [0.3, 0.4) is 0 Å². The van der Waals surface area contributed by atoms with Crippen molar-refractivity contribution >= 4 is 23.4 Å². The van der Waals surface area contributed by atoms with Gasteiger partial charge in [0.2, 0.25) is 11.8 Å². The lowest BCUT2D eigenvalue weighted by molar-refractivity contribution is -0.115. The first-order valence-electron chi connectivity index (χ1n) is 8.60. The SMILES string of the molecule is COc1ccc(-c2nnc(S[C@H](C)C(=O)Nc3cc(C)ccc3OC)o2)cc1. The molecule has 3 aromatic rings. The highest BCUT2D eigenvalue weighted by Crippen LogP contribution is 2.29. The minimum Gasteiger partial charge on any atom is -0.497 e. The van der Waals surface area contributed by atoms with Crippen LogP contribution in [0.15, 0.2) is 52.1 Å². The number of nitrogens with zero attached hydrogens (tertiary/aromatic N) is 2. The van der Waals surface area contributed by atoms with Gasteiger partial charge in [0, 0.05) is 5.56 Å². The quantitative estimate of drug-likeness (QED) is 0.596. The number of hydrogen-bond donors (Lipinski definition) is 1. The van der Waals surface area contributed by atoms with Gasteiger partial charge in [-0.25, -0.2) is 0 Å². The van der Waals surface area contributed by atoms with E-state index in [1.807, 2.05) is 49.4 Å². The lowest BCUT2D eigenvalue weighted by Gasteiger charge is -2.13. The van der Waals surface area contributed by atoms with E-state index >= 15 is 0 Å². The first-order chi connectivity index (χ1) is 13.5. The largest absolute Gasteiger partial charge is 0.497 e. The second-order valence-corrected chi connectivity index (χ2v) is 7.35. The summed E-state index contributed by atoms with van der Waals surface area (Å²) in [6, 6.07) is 12.9. The summed E-state index contributed by atoms with van der Waals surface area (Å²) in [6.07, 6.45) is 0. The zero-order valence-electron chi connectivity index (χ0n) is 16.1. The standard InChI is InChI=1S/C20H21N3O4S/c1-12-5-10-17(26-4)16(11-12)21-18(24)13(2)28-20-23-22-19(27-20)14-6-8-15(25-3)9-7-14/h5-11,13H,1-4H3,(H,21,24)/t13-/m1/s1. The molecule has 0 radical (unpaired) electrons. The molecule has 0 saturated carbocycles. The highest BCUT2D eigenvalue weighted by molar-refractivity contribution is 8.00. The normalized spacial score (nSPS) is 11.7. The number of nitrogens with one attached hydrogen (secondary N) is 1. The predicted octanol–water partition coefficient (Wildman–Crippen LogP) is 4.18. The molecule has 0 fully saturated rings. The number of amides is 1. The Kier molecular flexibility index (Phi) is 6.20. The van der Waals surface area contributed by atoms with Gasteiger partial charge in [-0.1, -0.05) is 17.8 Å². The molecule has 0 saturated heterocycles. The third kappa shape index (κ3) is 4.64. The minimum absolute atomic E-state index is 0.182. The smallest absolute Gasteiger partial charge is 0.277 e. The van der Waals surface area contributed by atoms with Crippen molar-refractivity contribution in [2.75, 3.05) is 19.5 Å². The van der Waals surface area contributed by atoms with E-state index in [2.05, 4.69) is 15.5 Å². The third-order valence-electron chi connectivity index (χ3n) is 4.00. The van der Waals surface area contributed by atoms with E-state index in [4.69, 9.17) is 13.9 Å². The van der Waals surface area contributed by atoms with Crippen molar-refractivity contribution in [3.05, 3.63) is 48.0 Å². The van der Waals surface area contributed by atoms with Crippen molar-refractivity contribution in [1.29, 1.82) is 0 Å². The maximum Gasteiger partial charge on any atom is 0.277 e. The summed E-state index contributed by atoms with van der Waals surface area (Å²) in [5.74, 6) is 1.56. The Morgan fingerprint density at radius 2 is 1.86 bits per heavy atom. The molecule has 1 amide bonds. The highest BCUT2D eigenvalue weighted by Gasteiger charge is 2.20. The number of anilines is 1. The van der Waals surface area contributed by atoms with Crippen molar-refractivity contribution in [3.63, 3.8) is 0 Å². The fourth-order valence-corrected chi connectivity index (χ4v) is 3.15. The molecule has 1 heterocycles. The van der Waals surface area contributed by atoms with Gasteiger partial charge in [0.05, 0.1) is 25.2 Å². The number of aromatic nitrogens is 2. The van der Waals surface area contributed by atoms with Crippen LogP contribution in [0.5, 0.6) is 11.5 Å². The van der Waals surface area contributed by atoms with Gasteiger partial charge in [-0.2, -0.15) is 0 Å². The van der Waals surface area contributed by atoms with Crippen LogP contribution in [0, 0.1) is 6.92 Å². The summed E-state index contributed by atoms with van der Waals surface area (Å²) in [4.78, 5) is 12.6. The molecular weight excluding hydrogens is 378 g/mol. The maximum absolute atomic E-state index is 12.6. The summed E-state index contributed by atoms with van der Waals surface area (Å²) >= 11 is 1.19. The van der Waals surface area contributed by atoms with E-state index in [-0.39, 0.29) is 5.91 Å². The van der Waals surface area contributed by atoms with E-state index < -0.39 is 5.25 Å². The lowest BCUT2D eigenvalue weighted by atomic mass is 10.2. The molecule has 2 aromatic carbocycles. The molecule has 0 aliphatic rings. The fourth-order valence-electron chi connectivity index (χ4n) is 2.47. The maximum atomic E-state index is 12.6. The second-order valence-electron chi connectivity index (χ2n) is 6.05. The molecule has 7 nitrogen and oxygen atoms in total. The molecule has 8 heteroatoms. The molecular formula is C20H21N3O4S. The van der Waals surface area contributed by atoms with Crippen LogP contribution in [-0.4, -0.2) is 35.6 Å². The summed E-state index contributed by atoms with van der Waals surface area (Å²) in [5, 5.41) is 10.8. The van der Waals surface area contributed by atoms with E-state index in [9.17, 15) is 4.79 Å². The fraction of sp³-hybridized carbons (Fsp3) is 0.250. The van der Waals surface area contributed by atoms with E-state index in [1.54, 1.807) is 21.1 Å². The van der Waals surface area contributed by atoms with Crippen LogP contribution >= 0.6 is 11.8 Å². The van der Waals surface area contributed by atoms with Crippen LogP contribution in [0.4, 0.5) is 5.69 Å². The van der Waals surface area contributed by atoms with Crippen molar-refractivity contribution < 1.29 is 18.7 Å². The molecule has 28 heavy (non-hydrogen) atoms. The Bertz CT molecular complexity index is 956. The topological polar surface area (TPSA) is 86.5 Å². The number of methoxy groups -OCH3 is 2. The van der Waals surface area contributed by atoms with Gasteiger partial charge in [0.25, 0.3) is 5.22 Å². The number of benzene rings is 2. The molecule has 0 bridgehead atoms. The predicted molar refractivity (Wildman–Crippen MR) is 108 cm³/mol. The van der Waals surface area contributed by atoms with E-state index in [0.29, 0.717) is 22.6 Å². The molecule has 0 unspecified atom stereocenters. The van der Waals surface area contributed by atoms with Crippen LogP contribution < -0.4 is 14.8 Å². The Labute approximate surface area is 167 Å². The summed E-state index contributed by atoms with van der Waals surface area (Å²) in [6.45, 7) is 3.73. The number of carbonyl (C=O) groups is 1. The number of thioether (sulfide) groups is 1. The Morgan fingerprint density at radius 1 is 1.11 bits per heavy atom. The first-order valence-corrected chi connectivity index (χ1v) is 9.48.